The Kier molecular flexibility index (Phi) is 10.6. The fourth-order valence-electron chi connectivity index (χ4n) is 5.37. The van der Waals surface area contributed by atoms with Crippen LogP contribution in [0.25, 0.3) is 10.4 Å². The van der Waals surface area contributed by atoms with Crippen molar-refractivity contribution >= 4 is 6.09 Å². The molecule has 0 unspecified atom stereocenters. The van der Waals surface area contributed by atoms with E-state index in [4.69, 9.17) is 21.4 Å². The second kappa shape index (κ2) is 14.8. The molecule has 1 heterocycles. The third-order valence-corrected chi connectivity index (χ3v) is 7.37. The Bertz CT molecular complexity index is 1190. The molecule has 1 amide bonds. The van der Waals surface area contributed by atoms with Crippen molar-refractivity contribution in [2.24, 2.45) is 5.11 Å². The van der Waals surface area contributed by atoms with Gasteiger partial charge in [0.25, 0.3) is 0 Å². The molecule has 0 bridgehead atoms. The number of cyclic esters (lactones) is 1. The summed E-state index contributed by atoms with van der Waals surface area (Å²) in [4.78, 5) is 17.6. The minimum Gasteiger partial charge on any atom is -0.441 e. The molecule has 2 atom stereocenters. The zero-order chi connectivity index (χ0) is 28.0. The lowest BCUT2D eigenvalue weighted by Crippen LogP contribution is -2.43. The second-order valence-corrected chi connectivity index (χ2v) is 9.91. The van der Waals surface area contributed by atoms with Crippen molar-refractivity contribution in [3.8, 4) is 12.3 Å². The van der Waals surface area contributed by atoms with Gasteiger partial charge in [-0.25, -0.2) is 4.79 Å². The maximum atomic E-state index is 13.0. The molecular formula is C33H36N4O3. The van der Waals surface area contributed by atoms with Gasteiger partial charge in [0.2, 0.25) is 0 Å². The summed E-state index contributed by atoms with van der Waals surface area (Å²) < 4.78 is 12.8. The molecule has 206 valence electrons. The Morgan fingerprint density at radius 2 is 1.40 bits per heavy atom. The van der Waals surface area contributed by atoms with E-state index in [1.165, 1.54) is 0 Å². The molecule has 3 aromatic rings. The Balaban J connectivity index is 1.58. The highest BCUT2D eigenvalue weighted by Crippen LogP contribution is 2.41. The number of nitrogens with zero attached hydrogens (tertiary/aromatic N) is 4. The summed E-state index contributed by atoms with van der Waals surface area (Å²) in [6.45, 7) is 0.781. The lowest BCUT2D eigenvalue weighted by molar-refractivity contribution is -0.0369. The fourth-order valence-corrected chi connectivity index (χ4v) is 5.37. The molecule has 40 heavy (non-hydrogen) atoms. The molecule has 4 rings (SSSR count). The van der Waals surface area contributed by atoms with Crippen LogP contribution in [0, 0.1) is 12.3 Å². The molecule has 0 N–H and O–H groups in total. The summed E-state index contributed by atoms with van der Waals surface area (Å²) in [5.41, 5.74) is 11.0. The number of hydrogen-bond acceptors (Lipinski definition) is 4. The average Bonchev–Trinajstić information content (AvgIpc) is 3.31. The van der Waals surface area contributed by atoms with Gasteiger partial charge in [-0.3, -0.25) is 0 Å². The van der Waals surface area contributed by atoms with E-state index in [1.54, 1.807) is 4.90 Å². The van der Waals surface area contributed by atoms with Crippen molar-refractivity contribution in [1.82, 2.24) is 4.90 Å². The predicted molar refractivity (Wildman–Crippen MR) is 156 cm³/mol. The van der Waals surface area contributed by atoms with Crippen LogP contribution in [0.5, 0.6) is 0 Å². The molecule has 7 nitrogen and oxygen atoms in total. The van der Waals surface area contributed by atoms with Gasteiger partial charge in [0, 0.05) is 17.9 Å². The predicted octanol–water partition coefficient (Wildman–Crippen LogP) is 7.47. The van der Waals surface area contributed by atoms with E-state index in [0.717, 1.165) is 55.2 Å². The minimum absolute atomic E-state index is 0.118. The van der Waals surface area contributed by atoms with Gasteiger partial charge in [0.1, 0.15) is 11.7 Å². The zero-order valence-corrected chi connectivity index (χ0v) is 22.8. The van der Waals surface area contributed by atoms with Gasteiger partial charge in [-0.1, -0.05) is 115 Å². The number of carbonyl (C=O) groups is 1. The Morgan fingerprint density at radius 3 is 1.93 bits per heavy atom. The lowest BCUT2D eigenvalue weighted by Gasteiger charge is -2.37. The molecule has 0 radical (unpaired) electrons. The van der Waals surface area contributed by atoms with Crippen LogP contribution in [-0.4, -0.2) is 42.8 Å². The molecule has 1 fully saturated rings. The molecule has 1 saturated heterocycles. The quantitative estimate of drug-likeness (QED) is 0.0504. The molecule has 0 aliphatic carbocycles. The largest absolute Gasteiger partial charge is 0.441 e. The normalized spacial score (nSPS) is 16.7. The van der Waals surface area contributed by atoms with E-state index >= 15 is 0 Å². The first kappa shape index (κ1) is 28.8. The molecule has 1 aliphatic heterocycles. The number of benzene rings is 3. The number of amides is 1. The molecule has 0 aromatic heterocycles. The molecule has 3 aromatic carbocycles. The van der Waals surface area contributed by atoms with Gasteiger partial charge in [0.15, 0.2) is 0 Å². The number of terminal acetylenes is 1. The Hall–Kier alpha value is -4.24. The van der Waals surface area contributed by atoms with Gasteiger partial charge < -0.3 is 14.4 Å². The van der Waals surface area contributed by atoms with Crippen molar-refractivity contribution in [3.63, 3.8) is 0 Å². The van der Waals surface area contributed by atoms with Gasteiger partial charge in [-0.15, -0.1) is 12.3 Å². The van der Waals surface area contributed by atoms with Crippen LogP contribution < -0.4 is 0 Å². The molecule has 1 aliphatic rings. The average molecular weight is 537 g/mol. The number of carbonyl (C=O) groups excluding carboxylic acids is 1. The summed E-state index contributed by atoms with van der Waals surface area (Å²) in [7, 11) is 0. The number of hydrogen-bond donors (Lipinski definition) is 0. The van der Waals surface area contributed by atoms with Crippen molar-refractivity contribution in [3.05, 3.63) is 118 Å². The third kappa shape index (κ3) is 6.84. The van der Waals surface area contributed by atoms with Crippen LogP contribution >= 0.6 is 0 Å². The standard InChI is InChI=1S/C33H36N4O3/c1-2-3-4-5-6-7-17-24-37-30(25-35-36-34)31(40-32(37)38)26-39-33(27-18-11-8-12-19-27,28-20-13-9-14-21-28)29-22-15-10-16-23-29/h1,8-16,18-23,30-31H,3-7,17,24-26H2/t30-,31-/m1/s1. The van der Waals surface area contributed by atoms with E-state index in [2.05, 4.69) is 15.9 Å². The van der Waals surface area contributed by atoms with Crippen LogP contribution in [0.15, 0.2) is 96.1 Å². The number of unbranched alkanes of at least 4 members (excludes halogenated alkanes) is 5. The Morgan fingerprint density at radius 1 is 0.875 bits per heavy atom. The fraction of sp³-hybridized carbons (Fsp3) is 0.364. The van der Waals surface area contributed by atoms with Gasteiger partial charge in [-0.05, 0) is 35.1 Å². The van der Waals surface area contributed by atoms with Gasteiger partial charge in [0.05, 0.1) is 19.2 Å². The first-order valence-electron chi connectivity index (χ1n) is 13.9. The summed E-state index contributed by atoms with van der Waals surface area (Å²) in [5.74, 6) is 2.67. The zero-order valence-electron chi connectivity index (χ0n) is 22.8. The third-order valence-electron chi connectivity index (χ3n) is 7.37. The van der Waals surface area contributed by atoms with Crippen LogP contribution in [0.1, 0.15) is 55.2 Å². The highest BCUT2D eigenvalue weighted by atomic mass is 16.6. The van der Waals surface area contributed by atoms with Crippen LogP contribution in [0.2, 0.25) is 0 Å². The first-order chi connectivity index (χ1) is 19.7. The summed E-state index contributed by atoms with van der Waals surface area (Å²) in [5, 5.41) is 3.82. The van der Waals surface area contributed by atoms with Crippen molar-refractivity contribution in [2.75, 3.05) is 19.7 Å². The topological polar surface area (TPSA) is 87.5 Å². The van der Waals surface area contributed by atoms with E-state index in [1.807, 2.05) is 91.0 Å². The van der Waals surface area contributed by atoms with Gasteiger partial charge in [-0.2, -0.15) is 0 Å². The molecule has 7 heteroatoms. The van der Waals surface area contributed by atoms with Crippen molar-refractivity contribution in [2.45, 2.75) is 56.3 Å². The summed E-state index contributed by atoms with van der Waals surface area (Å²) in [6, 6.07) is 29.8. The molecular weight excluding hydrogens is 500 g/mol. The maximum Gasteiger partial charge on any atom is 0.410 e. The van der Waals surface area contributed by atoms with Crippen molar-refractivity contribution in [1.29, 1.82) is 0 Å². The molecule has 0 saturated carbocycles. The van der Waals surface area contributed by atoms with E-state index in [0.29, 0.717) is 6.54 Å². The van der Waals surface area contributed by atoms with Crippen LogP contribution in [0.4, 0.5) is 4.79 Å². The number of rotatable bonds is 15. The Labute approximate surface area is 236 Å². The highest BCUT2D eigenvalue weighted by Gasteiger charge is 2.44. The first-order valence-corrected chi connectivity index (χ1v) is 13.9. The number of azide groups is 1. The smallest absolute Gasteiger partial charge is 0.410 e. The van der Waals surface area contributed by atoms with Crippen LogP contribution in [0.3, 0.4) is 0 Å². The lowest BCUT2D eigenvalue weighted by atomic mass is 9.80. The van der Waals surface area contributed by atoms with Crippen LogP contribution in [-0.2, 0) is 15.1 Å². The monoisotopic (exact) mass is 536 g/mol. The molecule has 0 spiro atoms. The van der Waals surface area contributed by atoms with Crippen molar-refractivity contribution < 1.29 is 14.3 Å². The summed E-state index contributed by atoms with van der Waals surface area (Å²) in [6.07, 6.45) is 10.1. The summed E-state index contributed by atoms with van der Waals surface area (Å²) >= 11 is 0. The second-order valence-electron chi connectivity index (χ2n) is 9.91. The maximum absolute atomic E-state index is 13.0. The highest BCUT2D eigenvalue weighted by molar-refractivity contribution is 5.70. The van der Waals surface area contributed by atoms with E-state index in [9.17, 15) is 4.79 Å². The number of ether oxygens (including phenoxy) is 2. The van der Waals surface area contributed by atoms with E-state index in [-0.39, 0.29) is 13.2 Å². The van der Waals surface area contributed by atoms with Gasteiger partial charge >= 0.3 is 6.09 Å². The SMILES string of the molecule is C#CCCCCCCCN1C(=O)O[C@H](COC(c2ccccc2)(c2ccccc2)c2ccccc2)[C@H]1CN=[N+]=[N-]. The minimum atomic E-state index is -0.939. The van der Waals surface area contributed by atoms with E-state index < -0.39 is 23.8 Å².